The number of hydrogen-bond acceptors (Lipinski definition) is 3. The van der Waals surface area contributed by atoms with Gasteiger partial charge >= 0.3 is 0 Å². The average Bonchev–Trinajstić information content (AvgIpc) is 2.14. The fraction of sp³-hybridized carbons (Fsp3) is 0.700. The number of carbonyl (C=O) groups is 1. The van der Waals surface area contributed by atoms with Gasteiger partial charge in [-0.2, -0.15) is 0 Å². The highest BCUT2D eigenvalue weighted by Crippen LogP contribution is 2.41. The summed E-state index contributed by atoms with van der Waals surface area (Å²) < 4.78 is 22.5. The molecule has 2 saturated heterocycles. The molecule has 1 amide bonds. The van der Waals surface area contributed by atoms with Crippen LogP contribution in [0.5, 0.6) is 0 Å². The van der Waals surface area contributed by atoms with Gasteiger partial charge in [-0.15, -0.1) is 0 Å². The number of nitrogens with zero attached hydrogens (tertiary/aromatic N) is 1. The zero-order chi connectivity index (χ0) is 11.1. The summed E-state index contributed by atoms with van der Waals surface area (Å²) >= 11 is 0. The van der Waals surface area contributed by atoms with E-state index in [0.717, 1.165) is 0 Å². The molecule has 2 rings (SSSR count). The molecule has 0 aromatic carbocycles. The molecule has 0 unspecified atom stereocenters. The highest BCUT2D eigenvalue weighted by atomic mass is 32.2. The molecule has 0 bridgehead atoms. The average molecular weight is 229 g/mol. The van der Waals surface area contributed by atoms with E-state index in [4.69, 9.17) is 0 Å². The first-order chi connectivity index (χ1) is 6.96. The lowest BCUT2D eigenvalue weighted by atomic mass is 9.75. The molecule has 4 nitrogen and oxygen atoms in total. The second kappa shape index (κ2) is 3.33. The number of rotatable bonds is 1. The van der Waals surface area contributed by atoms with E-state index in [1.165, 1.54) is 6.08 Å². The molecule has 15 heavy (non-hydrogen) atoms. The normalized spacial score (nSPS) is 27.1. The Morgan fingerprint density at radius 1 is 1.27 bits per heavy atom. The fourth-order valence-electron chi connectivity index (χ4n) is 2.34. The Hall–Kier alpha value is -0.840. The van der Waals surface area contributed by atoms with E-state index in [1.807, 2.05) is 0 Å². The number of hydrogen-bond donors (Lipinski definition) is 0. The molecular weight excluding hydrogens is 214 g/mol. The quantitative estimate of drug-likeness (QED) is 0.604. The van der Waals surface area contributed by atoms with Gasteiger partial charge in [0.25, 0.3) is 0 Å². The van der Waals surface area contributed by atoms with Gasteiger partial charge in [-0.1, -0.05) is 6.58 Å². The highest BCUT2D eigenvalue weighted by molar-refractivity contribution is 7.91. The summed E-state index contributed by atoms with van der Waals surface area (Å²) in [4.78, 5) is 13.0. The predicted molar refractivity (Wildman–Crippen MR) is 57.1 cm³/mol. The molecule has 84 valence electrons. The summed E-state index contributed by atoms with van der Waals surface area (Å²) in [5, 5.41) is 0. The van der Waals surface area contributed by atoms with E-state index in [1.54, 1.807) is 4.90 Å². The Morgan fingerprint density at radius 2 is 1.80 bits per heavy atom. The molecule has 2 fully saturated rings. The van der Waals surface area contributed by atoms with Crippen molar-refractivity contribution in [2.75, 3.05) is 24.6 Å². The molecule has 5 heteroatoms. The maximum Gasteiger partial charge on any atom is 0.245 e. The van der Waals surface area contributed by atoms with Crippen LogP contribution in [0.2, 0.25) is 0 Å². The van der Waals surface area contributed by atoms with Crippen molar-refractivity contribution in [2.24, 2.45) is 5.41 Å². The first-order valence-corrected chi connectivity index (χ1v) is 6.90. The van der Waals surface area contributed by atoms with Crippen molar-refractivity contribution < 1.29 is 13.2 Å². The molecule has 0 aromatic heterocycles. The SMILES string of the molecule is C=CC(=O)N1CC2(CCS(=O)(=O)CC2)C1. The van der Waals surface area contributed by atoms with Crippen molar-refractivity contribution in [3.63, 3.8) is 0 Å². The minimum atomic E-state index is -2.80. The number of amides is 1. The maximum atomic E-state index is 11.3. The van der Waals surface area contributed by atoms with Gasteiger partial charge in [-0.05, 0) is 18.9 Å². The Kier molecular flexibility index (Phi) is 2.37. The van der Waals surface area contributed by atoms with Crippen LogP contribution >= 0.6 is 0 Å². The summed E-state index contributed by atoms with van der Waals surface area (Å²) in [5.74, 6) is 0.515. The van der Waals surface area contributed by atoms with Crippen LogP contribution in [0.3, 0.4) is 0 Å². The van der Waals surface area contributed by atoms with Gasteiger partial charge in [0.15, 0.2) is 0 Å². The summed E-state index contributed by atoms with van der Waals surface area (Å²) in [6, 6.07) is 0. The summed E-state index contributed by atoms with van der Waals surface area (Å²) in [6.45, 7) is 4.84. The Morgan fingerprint density at radius 3 is 2.27 bits per heavy atom. The minimum Gasteiger partial charge on any atom is -0.338 e. The van der Waals surface area contributed by atoms with Crippen LogP contribution in [0, 0.1) is 5.41 Å². The van der Waals surface area contributed by atoms with Crippen molar-refractivity contribution in [3.8, 4) is 0 Å². The lowest BCUT2D eigenvalue weighted by molar-refractivity contribution is -0.138. The molecule has 0 saturated carbocycles. The third-order valence-corrected chi connectivity index (χ3v) is 5.08. The molecule has 0 aliphatic carbocycles. The zero-order valence-corrected chi connectivity index (χ0v) is 9.42. The Bertz CT molecular complexity index is 377. The van der Waals surface area contributed by atoms with E-state index in [9.17, 15) is 13.2 Å². The van der Waals surface area contributed by atoms with E-state index >= 15 is 0 Å². The number of sulfone groups is 1. The maximum absolute atomic E-state index is 11.3. The molecule has 2 aliphatic rings. The van der Waals surface area contributed by atoms with E-state index < -0.39 is 9.84 Å². The summed E-state index contributed by atoms with van der Waals surface area (Å²) in [5.41, 5.74) is 0.0873. The molecule has 2 aliphatic heterocycles. The molecule has 2 heterocycles. The molecule has 1 spiro atoms. The largest absolute Gasteiger partial charge is 0.338 e. The van der Waals surface area contributed by atoms with E-state index in [2.05, 4.69) is 6.58 Å². The van der Waals surface area contributed by atoms with Crippen LogP contribution < -0.4 is 0 Å². The van der Waals surface area contributed by atoms with Crippen molar-refractivity contribution in [1.29, 1.82) is 0 Å². The highest BCUT2D eigenvalue weighted by Gasteiger charge is 2.47. The second-order valence-corrected chi connectivity index (χ2v) is 6.85. The van der Waals surface area contributed by atoms with Gasteiger partial charge in [-0.3, -0.25) is 4.79 Å². The van der Waals surface area contributed by atoms with Gasteiger partial charge in [-0.25, -0.2) is 8.42 Å². The third-order valence-electron chi connectivity index (χ3n) is 3.43. The van der Waals surface area contributed by atoms with Gasteiger partial charge in [0.05, 0.1) is 11.5 Å². The standard InChI is InChI=1S/C10H15NO3S/c1-2-9(12)11-7-10(8-11)3-5-15(13,14)6-4-10/h2H,1,3-8H2. The number of likely N-dealkylation sites (tertiary alicyclic amines) is 1. The van der Waals surface area contributed by atoms with Gasteiger partial charge in [0.1, 0.15) is 9.84 Å². The first-order valence-electron chi connectivity index (χ1n) is 5.08. The van der Waals surface area contributed by atoms with Gasteiger partial charge in [0.2, 0.25) is 5.91 Å². The van der Waals surface area contributed by atoms with Crippen LogP contribution in [-0.4, -0.2) is 43.8 Å². The number of carbonyl (C=O) groups excluding carboxylic acids is 1. The van der Waals surface area contributed by atoms with E-state index in [-0.39, 0.29) is 22.8 Å². The van der Waals surface area contributed by atoms with Crippen molar-refractivity contribution in [1.82, 2.24) is 4.90 Å². The van der Waals surface area contributed by atoms with Crippen LogP contribution in [0.25, 0.3) is 0 Å². The zero-order valence-electron chi connectivity index (χ0n) is 8.61. The van der Waals surface area contributed by atoms with Crippen molar-refractivity contribution in [3.05, 3.63) is 12.7 Å². The topological polar surface area (TPSA) is 54.5 Å². The lowest BCUT2D eigenvalue weighted by Crippen LogP contribution is -2.60. The monoisotopic (exact) mass is 229 g/mol. The van der Waals surface area contributed by atoms with Crippen molar-refractivity contribution in [2.45, 2.75) is 12.8 Å². The fourth-order valence-corrected chi connectivity index (χ4v) is 4.03. The molecular formula is C10H15NO3S. The Balaban J connectivity index is 1.94. The van der Waals surface area contributed by atoms with Crippen LogP contribution in [0.1, 0.15) is 12.8 Å². The van der Waals surface area contributed by atoms with E-state index in [0.29, 0.717) is 25.9 Å². The lowest BCUT2D eigenvalue weighted by Gasteiger charge is -2.51. The third kappa shape index (κ3) is 1.93. The predicted octanol–water partition coefficient (Wildman–Crippen LogP) is 0.210. The first kappa shape index (κ1) is 10.7. The van der Waals surface area contributed by atoms with Crippen LogP contribution in [-0.2, 0) is 14.6 Å². The van der Waals surface area contributed by atoms with Crippen LogP contribution in [0.15, 0.2) is 12.7 Å². The molecule has 0 atom stereocenters. The van der Waals surface area contributed by atoms with Crippen LogP contribution in [0.4, 0.5) is 0 Å². The van der Waals surface area contributed by atoms with Gasteiger partial charge in [0, 0.05) is 18.5 Å². The Labute approximate surface area is 89.9 Å². The summed E-state index contributed by atoms with van der Waals surface area (Å²) in [6.07, 6.45) is 2.72. The summed E-state index contributed by atoms with van der Waals surface area (Å²) in [7, 11) is -2.80. The second-order valence-electron chi connectivity index (χ2n) is 4.55. The molecule has 0 aromatic rings. The molecule has 0 radical (unpaired) electrons. The smallest absolute Gasteiger partial charge is 0.245 e. The van der Waals surface area contributed by atoms with Gasteiger partial charge < -0.3 is 4.90 Å². The van der Waals surface area contributed by atoms with Crippen molar-refractivity contribution >= 4 is 15.7 Å². The minimum absolute atomic E-state index is 0.0472. The molecule has 0 N–H and O–H groups in total.